The Labute approximate surface area is 200 Å². The van der Waals surface area contributed by atoms with E-state index < -0.39 is 5.69 Å². The van der Waals surface area contributed by atoms with Crippen LogP contribution in [0.2, 0.25) is 0 Å². The molecule has 9 nitrogen and oxygen atoms in total. The quantitative estimate of drug-likeness (QED) is 0.447. The number of amides is 1. The molecule has 4 heterocycles. The number of hydrogen-bond donors (Lipinski definition) is 0. The first-order valence-electron chi connectivity index (χ1n) is 11.1. The van der Waals surface area contributed by atoms with Crippen LogP contribution in [-0.2, 0) is 20.6 Å². The topological polar surface area (TPSA) is 85.4 Å². The smallest absolute Gasteiger partial charge is 0.332 e. The number of rotatable bonds is 4. The molecule has 3 aromatic heterocycles. The van der Waals surface area contributed by atoms with Crippen molar-refractivity contribution in [2.24, 2.45) is 14.1 Å². The number of anilines is 1. The Morgan fingerprint density at radius 2 is 1.79 bits per heavy atom. The summed E-state index contributed by atoms with van der Waals surface area (Å²) in [5, 5.41) is 1.90. The van der Waals surface area contributed by atoms with Gasteiger partial charge < -0.3 is 9.80 Å². The van der Waals surface area contributed by atoms with Gasteiger partial charge in [-0.15, -0.1) is 11.3 Å². The lowest BCUT2D eigenvalue weighted by atomic mass is 10.1. The van der Waals surface area contributed by atoms with Gasteiger partial charge in [0, 0.05) is 40.3 Å². The largest absolute Gasteiger partial charge is 0.339 e. The normalized spacial score (nSPS) is 14.2. The lowest BCUT2D eigenvalue weighted by molar-refractivity contribution is 0.0751. The molecule has 1 fully saturated rings. The fourth-order valence-corrected chi connectivity index (χ4v) is 5.18. The SMILES string of the molecule is Cc1cccc(Cn2c(N3CCN(C(=O)c4cccs4)CC3)nc3c2c(=O)n(C)c(=O)n3C)c1. The molecule has 0 unspecified atom stereocenters. The van der Waals surface area contributed by atoms with E-state index in [1.807, 2.05) is 52.1 Å². The van der Waals surface area contributed by atoms with Crippen LogP contribution in [0.1, 0.15) is 20.8 Å². The summed E-state index contributed by atoms with van der Waals surface area (Å²) in [5.41, 5.74) is 2.17. The molecule has 0 radical (unpaired) electrons. The van der Waals surface area contributed by atoms with E-state index in [-0.39, 0.29) is 11.5 Å². The Kier molecular flexibility index (Phi) is 5.60. The van der Waals surface area contributed by atoms with Crippen LogP contribution in [0.15, 0.2) is 51.4 Å². The van der Waals surface area contributed by atoms with Crippen molar-refractivity contribution in [3.63, 3.8) is 0 Å². The van der Waals surface area contributed by atoms with Crippen LogP contribution in [0.5, 0.6) is 0 Å². The van der Waals surface area contributed by atoms with E-state index in [0.29, 0.717) is 49.8 Å². The van der Waals surface area contributed by atoms with Crippen molar-refractivity contribution in [2.45, 2.75) is 13.5 Å². The molecule has 34 heavy (non-hydrogen) atoms. The third-order valence-electron chi connectivity index (χ3n) is 6.33. The van der Waals surface area contributed by atoms with Crippen molar-refractivity contribution in [1.82, 2.24) is 23.6 Å². The van der Waals surface area contributed by atoms with Gasteiger partial charge in [0.05, 0.1) is 11.4 Å². The van der Waals surface area contributed by atoms with Crippen molar-refractivity contribution in [1.29, 1.82) is 0 Å². The van der Waals surface area contributed by atoms with Gasteiger partial charge in [-0.3, -0.25) is 23.3 Å². The molecular formula is C24H26N6O3S. The Bertz CT molecular complexity index is 1490. The molecule has 0 spiro atoms. The predicted octanol–water partition coefficient (Wildman–Crippen LogP) is 1.81. The number of piperazine rings is 1. The van der Waals surface area contributed by atoms with Gasteiger partial charge >= 0.3 is 5.69 Å². The number of aryl methyl sites for hydroxylation is 2. The third-order valence-corrected chi connectivity index (χ3v) is 7.19. The van der Waals surface area contributed by atoms with Crippen molar-refractivity contribution >= 4 is 34.4 Å². The van der Waals surface area contributed by atoms with E-state index in [2.05, 4.69) is 11.0 Å². The summed E-state index contributed by atoms with van der Waals surface area (Å²) in [6.45, 7) is 4.77. The number of carbonyl (C=O) groups is 1. The monoisotopic (exact) mass is 478 g/mol. The molecule has 1 aliphatic rings. The van der Waals surface area contributed by atoms with E-state index in [4.69, 9.17) is 4.98 Å². The first-order chi connectivity index (χ1) is 16.3. The summed E-state index contributed by atoms with van der Waals surface area (Å²) < 4.78 is 4.45. The fraction of sp³-hybridized carbons (Fsp3) is 0.333. The molecule has 5 rings (SSSR count). The summed E-state index contributed by atoms with van der Waals surface area (Å²) >= 11 is 1.44. The summed E-state index contributed by atoms with van der Waals surface area (Å²) in [5.74, 6) is 0.678. The molecule has 1 saturated heterocycles. The molecule has 1 amide bonds. The van der Waals surface area contributed by atoms with Gasteiger partial charge in [0.2, 0.25) is 5.95 Å². The van der Waals surface area contributed by atoms with Gasteiger partial charge in [0.15, 0.2) is 11.2 Å². The molecule has 1 aliphatic heterocycles. The molecular weight excluding hydrogens is 452 g/mol. The standard InChI is InChI=1S/C24H26N6O3S/c1-16-6-4-7-17(14-16)15-30-19-20(26(2)24(33)27(3)22(19)32)25-23(30)29-11-9-28(10-12-29)21(31)18-8-5-13-34-18/h4-8,13-14H,9-12,15H2,1-3H3. The minimum absolute atomic E-state index is 0.0409. The van der Waals surface area contributed by atoms with Crippen LogP contribution in [0.3, 0.4) is 0 Å². The first kappa shape index (κ1) is 22.1. The van der Waals surface area contributed by atoms with Gasteiger partial charge in [-0.1, -0.05) is 35.9 Å². The lowest BCUT2D eigenvalue weighted by Crippen LogP contribution is -2.49. The predicted molar refractivity (Wildman–Crippen MR) is 133 cm³/mol. The van der Waals surface area contributed by atoms with Crippen molar-refractivity contribution in [2.75, 3.05) is 31.1 Å². The maximum atomic E-state index is 13.2. The Morgan fingerprint density at radius 3 is 2.47 bits per heavy atom. The molecule has 0 N–H and O–H groups in total. The Balaban J connectivity index is 1.55. The average molecular weight is 479 g/mol. The summed E-state index contributed by atoms with van der Waals surface area (Å²) in [6, 6.07) is 11.9. The van der Waals surface area contributed by atoms with E-state index in [0.717, 1.165) is 20.6 Å². The number of aromatic nitrogens is 4. The highest BCUT2D eigenvalue weighted by Crippen LogP contribution is 2.24. The van der Waals surface area contributed by atoms with E-state index >= 15 is 0 Å². The highest BCUT2D eigenvalue weighted by atomic mass is 32.1. The van der Waals surface area contributed by atoms with Gasteiger partial charge in [0.1, 0.15) is 0 Å². The molecule has 176 valence electrons. The molecule has 0 aliphatic carbocycles. The van der Waals surface area contributed by atoms with Gasteiger partial charge in [-0.25, -0.2) is 4.79 Å². The molecule has 0 bridgehead atoms. The molecule has 1 aromatic carbocycles. The van der Waals surface area contributed by atoms with Crippen molar-refractivity contribution in [3.05, 3.63) is 78.6 Å². The molecule has 10 heteroatoms. The second kappa shape index (κ2) is 8.60. The summed E-state index contributed by atoms with van der Waals surface area (Å²) in [7, 11) is 3.12. The zero-order chi connectivity index (χ0) is 24.0. The number of nitrogens with zero attached hydrogens (tertiary/aromatic N) is 6. The van der Waals surface area contributed by atoms with E-state index in [1.54, 1.807) is 7.05 Å². The second-order valence-electron chi connectivity index (χ2n) is 8.62. The molecule has 0 atom stereocenters. The Hall–Kier alpha value is -3.66. The number of thiophene rings is 1. The van der Waals surface area contributed by atoms with Crippen molar-refractivity contribution in [3.8, 4) is 0 Å². The number of hydrogen-bond acceptors (Lipinski definition) is 6. The Morgan fingerprint density at radius 1 is 1.03 bits per heavy atom. The van der Waals surface area contributed by atoms with Crippen LogP contribution < -0.4 is 16.1 Å². The molecule has 4 aromatic rings. The highest BCUT2D eigenvalue weighted by molar-refractivity contribution is 7.12. The zero-order valence-corrected chi connectivity index (χ0v) is 20.2. The highest BCUT2D eigenvalue weighted by Gasteiger charge is 2.28. The van der Waals surface area contributed by atoms with Crippen LogP contribution in [0.25, 0.3) is 11.2 Å². The van der Waals surface area contributed by atoms with Gasteiger partial charge in [0.25, 0.3) is 11.5 Å². The van der Waals surface area contributed by atoms with Gasteiger partial charge in [-0.05, 0) is 23.9 Å². The zero-order valence-electron chi connectivity index (χ0n) is 19.4. The first-order valence-corrected chi connectivity index (χ1v) is 12.0. The maximum Gasteiger partial charge on any atom is 0.332 e. The third kappa shape index (κ3) is 3.73. The van der Waals surface area contributed by atoms with E-state index in [9.17, 15) is 14.4 Å². The number of carbonyl (C=O) groups excluding carboxylic acids is 1. The van der Waals surface area contributed by atoms with E-state index in [1.165, 1.54) is 23.0 Å². The van der Waals surface area contributed by atoms with Crippen LogP contribution >= 0.6 is 11.3 Å². The minimum atomic E-state index is -0.407. The average Bonchev–Trinajstić information content (AvgIpc) is 3.50. The summed E-state index contributed by atoms with van der Waals surface area (Å²) in [4.78, 5) is 47.9. The maximum absolute atomic E-state index is 13.2. The van der Waals surface area contributed by atoms with Gasteiger partial charge in [-0.2, -0.15) is 4.98 Å². The second-order valence-corrected chi connectivity index (χ2v) is 9.57. The lowest BCUT2D eigenvalue weighted by Gasteiger charge is -2.35. The van der Waals surface area contributed by atoms with Crippen LogP contribution in [0, 0.1) is 6.92 Å². The number of imidazole rings is 1. The van der Waals surface area contributed by atoms with Crippen LogP contribution in [0.4, 0.5) is 5.95 Å². The molecule has 0 saturated carbocycles. The van der Waals surface area contributed by atoms with Crippen molar-refractivity contribution < 1.29 is 4.79 Å². The summed E-state index contributed by atoms with van der Waals surface area (Å²) in [6.07, 6.45) is 0. The fourth-order valence-electron chi connectivity index (χ4n) is 4.48. The minimum Gasteiger partial charge on any atom is -0.339 e. The number of fused-ring (bicyclic) bond motifs is 1. The van der Waals surface area contributed by atoms with Crippen LogP contribution in [-0.4, -0.2) is 55.7 Å². The number of benzene rings is 1.